The summed E-state index contributed by atoms with van der Waals surface area (Å²) < 4.78 is 10.3. The lowest BCUT2D eigenvalue weighted by Crippen LogP contribution is -2.05. The van der Waals surface area contributed by atoms with Gasteiger partial charge in [-0.05, 0) is 24.1 Å². The Morgan fingerprint density at radius 2 is 2.19 bits per heavy atom. The van der Waals surface area contributed by atoms with Crippen LogP contribution in [0.3, 0.4) is 0 Å². The number of aromatic carboxylic acids is 1. The molecule has 0 amide bonds. The van der Waals surface area contributed by atoms with Crippen molar-refractivity contribution >= 4 is 5.97 Å². The standard InChI is InChI=1S/C12H16O4/c1-3-6-16-8-9-4-5-10(15-2)7-11(9)12(13)14/h4-5,7H,3,6,8H2,1-2H3,(H,13,14). The predicted molar refractivity (Wildman–Crippen MR) is 59.9 cm³/mol. The van der Waals surface area contributed by atoms with Crippen LogP contribution >= 0.6 is 0 Å². The molecular formula is C12H16O4. The van der Waals surface area contributed by atoms with Crippen molar-refractivity contribution in [2.45, 2.75) is 20.0 Å². The minimum atomic E-state index is -0.964. The molecule has 88 valence electrons. The fourth-order valence-corrected chi connectivity index (χ4v) is 1.33. The molecule has 0 spiro atoms. The number of ether oxygens (including phenoxy) is 2. The van der Waals surface area contributed by atoms with Crippen molar-refractivity contribution in [3.8, 4) is 5.75 Å². The van der Waals surface area contributed by atoms with Crippen LogP contribution in [0, 0.1) is 0 Å². The van der Waals surface area contributed by atoms with Crippen molar-refractivity contribution < 1.29 is 19.4 Å². The molecule has 1 aromatic rings. The number of methoxy groups -OCH3 is 1. The number of rotatable bonds is 6. The van der Waals surface area contributed by atoms with E-state index >= 15 is 0 Å². The summed E-state index contributed by atoms with van der Waals surface area (Å²) in [6.45, 7) is 2.96. The van der Waals surface area contributed by atoms with Crippen molar-refractivity contribution in [2.75, 3.05) is 13.7 Å². The first-order valence-electron chi connectivity index (χ1n) is 5.17. The van der Waals surface area contributed by atoms with Gasteiger partial charge in [0.25, 0.3) is 0 Å². The highest BCUT2D eigenvalue weighted by atomic mass is 16.5. The molecule has 0 heterocycles. The van der Waals surface area contributed by atoms with E-state index in [0.717, 1.165) is 6.42 Å². The normalized spacial score (nSPS) is 10.1. The molecule has 0 radical (unpaired) electrons. The average molecular weight is 224 g/mol. The molecule has 0 unspecified atom stereocenters. The number of carboxylic acids is 1. The maximum absolute atomic E-state index is 11.0. The van der Waals surface area contributed by atoms with E-state index in [2.05, 4.69) is 0 Å². The van der Waals surface area contributed by atoms with E-state index in [-0.39, 0.29) is 5.56 Å². The molecular weight excluding hydrogens is 208 g/mol. The number of carbonyl (C=O) groups is 1. The number of hydrogen-bond donors (Lipinski definition) is 1. The van der Waals surface area contributed by atoms with Crippen LogP contribution in [0.5, 0.6) is 5.75 Å². The average Bonchev–Trinajstić information content (AvgIpc) is 2.29. The van der Waals surface area contributed by atoms with Gasteiger partial charge in [0, 0.05) is 6.61 Å². The van der Waals surface area contributed by atoms with Gasteiger partial charge in [0.2, 0.25) is 0 Å². The van der Waals surface area contributed by atoms with E-state index in [1.807, 2.05) is 6.92 Å². The molecule has 4 nitrogen and oxygen atoms in total. The number of hydrogen-bond acceptors (Lipinski definition) is 3. The predicted octanol–water partition coefficient (Wildman–Crippen LogP) is 2.32. The summed E-state index contributed by atoms with van der Waals surface area (Å²) in [6, 6.07) is 4.96. The zero-order valence-corrected chi connectivity index (χ0v) is 9.53. The van der Waals surface area contributed by atoms with Gasteiger partial charge in [-0.2, -0.15) is 0 Å². The van der Waals surface area contributed by atoms with Crippen LogP contribution in [0.1, 0.15) is 29.3 Å². The Labute approximate surface area is 94.8 Å². The fraction of sp³-hybridized carbons (Fsp3) is 0.417. The molecule has 0 aliphatic heterocycles. The van der Waals surface area contributed by atoms with Gasteiger partial charge in [0.15, 0.2) is 0 Å². The van der Waals surface area contributed by atoms with Crippen LogP contribution in [0.4, 0.5) is 0 Å². The number of benzene rings is 1. The molecule has 4 heteroatoms. The third-order valence-electron chi connectivity index (χ3n) is 2.15. The highest BCUT2D eigenvalue weighted by Crippen LogP contribution is 2.18. The molecule has 1 aromatic carbocycles. The second kappa shape index (κ2) is 6.12. The lowest BCUT2D eigenvalue weighted by Gasteiger charge is -2.08. The first kappa shape index (κ1) is 12.5. The van der Waals surface area contributed by atoms with Crippen LogP contribution in [-0.4, -0.2) is 24.8 Å². The highest BCUT2D eigenvalue weighted by molar-refractivity contribution is 5.89. The summed E-state index contributed by atoms with van der Waals surface area (Å²) in [5.74, 6) is -0.425. The maximum Gasteiger partial charge on any atom is 0.336 e. The lowest BCUT2D eigenvalue weighted by atomic mass is 10.1. The molecule has 0 bridgehead atoms. The highest BCUT2D eigenvalue weighted by Gasteiger charge is 2.11. The van der Waals surface area contributed by atoms with Gasteiger partial charge >= 0.3 is 5.97 Å². The summed E-state index contributed by atoms with van der Waals surface area (Å²) >= 11 is 0. The third-order valence-corrected chi connectivity index (χ3v) is 2.15. The smallest absolute Gasteiger partial charge is 0.336 e. The monoisotopic (exact) mass is 224 g/mol. The van der Waals surface area contributed by atoms with Crippen molar-refractivity contribution in [2.24, 2.45) is 0 Å². The zero-order valence-electron chi connectivity index (χ0n) is 9.53. The van der Waals surface area contributed by atoms with Crippen LogP contribution in [0.25, 0.3) is 0 Å². The first-order valence-corrected chi connectivity index (χ1v) is 5.17. The largest absolute Gasteiger partial charge is 0.497 e. The fourth-order valence-electron chi connectivity index (χ4n) is 1.33. The third kappa shape index (κ3) is 3.24. The second-order valence-corrected chi connectivity index (χ2v) is 3.38. The lowest BCUT2D eigenvalue weighted by molar-refractivity contribution is 0.0687. The van der Waals surface area contributed by atoms with E-state index in [9.17, 15) is 4.79 Å². The maximum atomic E-state index is 11.0. The van der Waals surface area contributed by atoms with Crippen LogP contribution in [0.2, 0.25) is 0 Å². The van der Waals surface area contributed by atoms with Crippen LogP contribution in [0.15, 0.2) is 18.2 Å². The van der Waals surface area contributed by atoms with Crippen LogP contribution in [-0.2, 0) is 11.3 Å². The molecule has 0 atom stereocenters. The van der Waals surface area contributed by atoms with Crippen molar-refractivity contribution in [1.82, 2.24) is 0 Å². The minimum absolute atomic E-state index is 0.232. The summed E-state index contributed by atoms with van der Waals surface area (Å²) in [4.78, 5) is 11.0. The molecule has 1 N–H and O–H groups in total. The van der Waals surface area contributed by atoms with E-state index < -0.39 is 5.97 Å². The van der Waals surface area contributed by atoms with Gasteiger partial charge in [0.05, 0.1) is 19.3 Å². The van der Waals surface area contributed by atoms with Crippen molar-refractivity contribution in [3.05, 3.63) is 29.3 Å². The second-order valence-electron chi connectivity index (χ2n) is 3.38. The molecule has 0 saturated carbocycles. The van der Waals surface area contributed by atoms with E-state index in [0.29, 0.717) is 24.5 Å². The zero-order chi connectivity index (χ0) is 12.0. The summed E-state index contributed by atoms with van der Waals surface area (Å²) in [5.41, 5.74) is 0.900. The summed E-state index contributed by atoms with van der Waals surface area (Å²) in [6.07, 6.45) is 0.915. The molecule has 16 heavy (non-hydrogen) atoms. The van der Waals surface area contributed by atoms with Gasteiger partial charge in [-0.25, -0.2) is 4.79 Å². The molecule has 0 fully saturated rings. The Balaban J connectivity index is 2.85. The van der Waals surface area contributed by atoms with Crippen molar-refractivity contribution in [1.29, 1.82) is 0 Å². The Morgan fingerprint density at radius 1 is 1.44 bits per heavy atom. The van der Waals surface area contributed by atoms with Gasteiger partial charge < -0.3 is 14.6 Å². The summed E-state index contributed by atoms with van der Waals surface area (Å²) in [5, 5.41) is 9.03. The van der Waals surface area contributed by atoms with Crippen LogP contribution < -0.4 is 4.74 Å². The topological polar surface area (TPSA) is 55.8 Å². The summed E-state index contributed by atoms with van der Waals surface area (Å²) in [7, 11) is 1.51. The Bertz CT molecular complexity index is 360. The molecule has 0 saturated heterocycles. The van der Waals surface area contributed by atoms with E-state index in [4.69, 9.17) is 14.6 Å². The molecule has 0 aliphatic carbocycles. The van der Waals surface area contributed by atoms with Gasteiger partial charge in [0.1, 0.15) is 5.75 Å². The van der Waals surface area contributed by atoms with E-state index in [1.54, 1.807) is 12.1 Å². The first-order chi connectivity index (χ1) is 7.69. The Kier molecular flexibility index (Phi) is 4.79. The quantitative estimate of drug-likeness (QED) is 0.753. The van der Waals surface area contributed by atoms with Gasteiger partial charge in [-0.15, -0.1) is 0 Å². The SMILES string of the molecule is CCCOCc1ccc(OC)cc1C(=O)O. The number of carboxylic acid groups (broad SMARTS) is 1. The van der Waals surface area contributed by atoms with Gasteiger partial charge in [-0.3, -0.25) is 0 Å². The molecule has 0 aliphatic rings. The van der Waals surface area contributed by atoms with Crippen molar-refractivity contribution in [3.63, 3.8) is 0 Å². The molecule has 1 rings (SSSR count). The Morgan fingerprint density at radius 3 is 2.75 bits per heavy atom. The Hall–Kier alpha value is -1.55. The van der Waals surface area contributed by atoms with E-state index in [1.165, 1.54) is 13.2 Å². The minimum Gasteiger partial charge on any atom is -0.497 e. The van der Waals surface area contributed by atoms with Gasteiger partial charge in [-0.1, -0.05) is 13.0 Å². The molecule has 0 aromatic heterocycles.